The van der Waals surface area contributed by atoms with E-state index in [1.54, 1.807) is 0 Å². The molecule has 1 aromatic carbocycles. The Hall–Kier alpha value is -2.51. The Morgan fingerprint density at radius 2 is 1.94 bits per heavy atom. The number of hydrogen-bond acceptors (Lipinski definition) is 4. The van der Waals surface area contributed by atoms with E-state index in [1.807, 2.05) is 28.8 Å². The average Bonchev–Trinajstić information content (AvgIpc) is 3.35. The molecule has 6 rings (SSSR count). The van der Waals surface area contributed by atoms with Gasteiger partial charge in [0.1, 0.15) is 12.0 Å². The Labute approximate surface area is 180 Å². The summed E-state index contributed by atoms with van der Waals surface area (Å²) < 4.78 is 15.5. The molecule has 3 aromatic rings. The summed E-state index contributed by atoms with van der Waals surface area (Å²) in [6.07, 6.45) is 0.972. The van der Waals surface area contributed by atoms with Crippen LogP contribution in [0.2, 0.25) is 0 Å². The minimum absolute atomic E-state index is 0.125. The molecule has 0 radical (unpaired) electrons. The number of para-hydroxylation sites is 2. The lowest BCUT2D eigenvalue weighted by molar-refractivity contribution is 0.112. The highest BCUT2D eigenvalue weighted by molar-refractivity contribution is 5.74. The first-order valence-corrected chi connectivity index (χ1v) is 11.4. The first-order valence-electron chi connectivity index (χ1n) is 11.4. The van der Waals surface area contributed by atoms with E-state index < -0.39 is 6.17 Å². The third-order valence-corrected chi connectivity index (χ3v) is 7.18. The zero-order chi connectivity index (χ0) is 20.9. The third-order valence-electron chi connectivity index (χ3n) is 7.18. The Bertz CT molecular complexity index is 1140. The Morgan fingerprint density at radius 3 is 2.77 bits per heavy atom. The molecule has 1 N–H and O–H groups in total. The molecule has 5 heterocycles. The summed E-state index contributed by atoms with van der Waals surface area (Å²) in [5, 5.41) is 0. The largest absolute Gasteiger partial charge is 0.341 e. The van der Waals surface area contributed by atoms with Gasteiger partial charge in [0.25, 0.3) is 5.56 Å². The average molecular weight is 422 g/mol. The van der Waals surface area contributed by atoms with E-state index in [0.717, 1.165) is 67.3 Å². The molecule has 6 nitrogen and oxygen atoms in total. The molecule has 0 aliphatic carbocycles. The van der Waals surface area contributed by atoms with E-state index in [4.69, 9.17) is 4.98 Å². The maximum atomic E-state index is 13.5. The summed E-state index contributed by atoms with van der Waals surface area (Å²) in [5.41, 5.74) is 4.17. The summed E-state index contributed by atoms with van der Waals surface area (Å²) in [6.45, 7) is 5.27. The molecule has 3 atom stereocenters. The Balaban J connectivity index is 1.20. The zero-order valence-corrected chi connectivity index (χ0v) is 17.6. The van der Waals surface area contributed by atoms with E-state index >= 15 is 0 Å². The van der Waals surface area contributed by atoms with Gasteiger partial charge in [0.2, 0.25) is 0 Å². The molecule has 162 valence electrons. The number of H-pyrrole nitrogens is 1. The zero-order valence-electron chi connectivity index (χ0n) is 17.6. The maximum Gasteiger partial charge on any atom is 0.255 e. The lowest BCUT2D eigenvalue weighted by atomic mass is 9.83. The standard InChI is InChI=1S/C24H28FN5O/c25-19-7-8-28(14-19)12-17-5-6-22-18-9-16(11-30(22)24(17)31)10-29(13-18)15-23-26-20-3-1-2-4-21(20)27-23/h1-6,16,18-19H,7-15H2,(H,26,27)/t16-,18+,19+/m0/s1. The minimum atomic E-state index is -0.752. The van der Waals surface area contributed by atoms with E-state index in [0.29, 0.717) is 31.3 Å². The van der Waals surface area contributed by atoms with E-state index in [-0.39, 0.29) is 5.56 Å². The number of nitrogens with one attached hydrogen (secondary N) is 1. The van der Waals surface area contributed by atoms with Gasteiger partial charge in [0, 0.05) is 56.4 Å². The minimum Gasteiger partial charge on any atom is -0.341 e. The van der Waals surface area contributed by atoms with Crippen molar-refractivity contribution in [1.29, 1.82) is 0 Å². The molecule has 0 amide bonds. The van der Waals surface area contributed by atoms with Crippen molar-refractivity contribution >= 4 is 11.0 Å². The van der Waals surface area contributed by atoms with Crippen LogP contribution >= 0.6 is 0 Å². The third kappa shape index (κ3) is 3.59. The maximum absolute atomic E-state index is 13.5. The van der Waals surface area contributed by atoms with Crippen molar-refractivity contribution in [3.8, 4) is 0 Å². The predicted octanol–water partition coefficient (Wildman–Crippen LogP) is 2.89. The molecule has 3 aliphatic rings. The second-order valence-corrected chi connectivity index (χ2v) is 9.51. The summed E-state index contributed by atoms with van der Waals surface area (Å²) in [5.74, 6) is 1.86. The first-order chi connectivity index (χ1) is 15.1. The molecule has 31 heavy (non-hydrogen) atoms. The molecule has 0 saturated carbocycles. The summed E-state index contributed by atoms with van der Waals surface area (Å²) in [6, 6.07) is 12.3. The quantitative estimate of drug-likeness (QED) is 0.704. The van der Waals surface area contributed by atoms with Crippen molar-refractivity contribution in [2.75, 3.05) is 26.2 Å². The monoisotopic (exact) mass is 421 g/mol. The molecular weight excluding hydrogens is 393 g/mol. The fourth-order valence-electron chi connectivity index (χ4n) is 5.80. The molecule has 7 heteroatoms. The van der Waals surface area contributed by atoms with Crippen LogP contribution in [0.4, 0.5) is 4.39 Å². The van der Waals surface area contributed by atoms with Crippen molar-refractivity contribution in [1.82, 2.24) is 24.3 Å². The molecule has 2 saturated heterocycles. The lowest BCUT2D eigenvalue weighted by Crippen LogP contribution is -2.47. The van der Waals surface area contributed by atoms with Crippen LogP contribution < -0.4 is 5.56 Å². The highest BCUT2D eigenvalue weighted by Crippen LogP contribution is 2.35. The van der Waals surface area contributed by atoms with Gasteiger partial charge in [-0.2, -0.15) is 0 Å². The second kappa shape index (κ2) is 7.57. The molecule has 3 aliphatic heterocycles. The van der Waals surface area contributed by atoms with Gasteiger partial charge < -0.3 is 9.55 Å². The van der Waals surface area contributed by atoms with E-state index in [2.05, 4.69) is 26.9 Å². The second-order valence-electron chi connectivity index (χ2n) is 9.51. The van der Waals surface area contributed by atoms with Crippen LogP contribution in [0.5, 0.6) is 0 Å². The van der Waals surface area contributed by atoms with Gasteiger partial charge in [0.15, 0.2) is 0 Å². The number of nitrogens with zero attached hydrogens (tertiary/aromatic N) is 4. The van der Waals surface area contributed by atoms with Gasteiger partial charge in [-0.15, -0.1) is 0 Å². The molecule has 0 unspecified atom stereocenters. The van der Waals surface area contributed by atoms with Gasteiger partial charge in [-0.1, -0.05) is 18.2 Å². The fraction of sp³-hybridized carbons (Fsp3) is 0.500. The van der Waals surface area contributed by atoms with E-state index in [1.165, 1.54) is 0 Å². The summed E-state index contributed by atoms with van der Waals surface area (Å²) >= 11 is 0. The van der Waals surface area contributed by atoms with Gasteiger partial charge in [-0.05, 0) is 37.0 Å². The summed E-state index contributed by atoms with van der Waals surface area (Å²) in [7, 11) is 0. The van der Waals surface area contributed by atoms with Gasteiger partial charge in [0.05, 0.1) is 17.6 Å². The highest BCUT2D eigenvalue weighted by Gasteiger charge is 2.35. The number of halogens is 1. The molecule has 2 bridgehead atoms. The predicted molar refractivity (Wildman–Crippen MR) is 118 cm³/mol. The van der Waals surface area contributed by atoms with Crippen LogP contribution in [0.3, 0.4) is 0 Å². The molecule has 0 spiro atoms. The van der Waals surface area contributed by atoms with Crippen molar-refractivity contribution in [2.45, 2.75) is 44.6 Å². The number of likely N-dealkylation sites (tertiary alicyclic amines) is 2. The number of hydrogen-bond donors (Lipinski definition) is 1. The number of imidazole rings is 1. The Kier molecular flexibility index (Phi) is 4.69. The smallest absolute Gasteiger partial charge is 0.255 e. The summed E-state index contributed by atoms with van der Waals surface area (Å²) in [4.78, 5) is 25.9. The molecule has 2 aromatic heterocycles. The topological polar surface area (TPSA) is 57.2 Å². The van der Waals surface area contributed by atoms with Gasteiger partial charge in [-0.25, -0.2) is 9.37 Å². The van der Waals surface area contributed by atoms with Crippen LogP contribution in [0.25, 0.3) is 11.0 Å². The van der Waals surface area contributed by atoms with Gasteiger partial charge in [-0.3, -0.25) is 14.6 Å². The van der Waals surface area contributed by atoms with Crippen LogP contribution in [0, 0.1) is 5.92 Å². The number of rotatable bonds is 4. The number of alkyl halides is 1. The number of aromatic amines is 1. The van der Waals surface area contributed by atoms with Crippen molar-refractivity contribution < 1.29 is 4.39 Å². The van der Waals surface area contributed by atoms with Crippen LogP contribution in [0.1, 0.15) is 35.8 Å². The first kappa shape index (κ1) is 19.2. The van der Waals surface area contributed by atoms with Gasteiger partial charge >= 0.3 is 0 Å². The van der Waals surface area contributed by atoms with Crippen LogP contribution in [-0.4, -0.2) is 56.7 Å². The van der Waals surface area contributed by atoms with Crippen molar-refractivity contribution in [2.24, 2.45) is 5.92 Å². The molecular formula is C24H28FN5O. The Morgan fingerprint density at radius 1 is 1.03 bits per heavy atom. The number of piperidine rings is 1. The van der Waals surface area contributed by atoms with Crippen molar-refractivity contribution in [3.05, 3.63) is 63.8 Å². The lowest BCUT2D eigenvalue weighted by Gasteiger charge is -2.42. The number of benzene rings is 1. The normalized spacial score (nSPS) is 26.4. The van der Waals surface area contributed by atoms with Crippen molar-refractivity contribution in [3.63, 3.8) is 0 Å². The number of fused-ring (bicyclic) bond motifs is 5. The number of pyridine rings is 1. The highest BCUT2D eigenvalue weighted by atomic mass is 19.1. The number of aromatic nitrogens is 3. The van der Waals surface area contributed by atoms with Crippen LogP contribution in [-0.2, 0) is 19.6 Å². The SMILES string of the molecule is O=c1c(CN2CC[C@@H](F)C2)ccc2n1C[C@H]1C[C@@H]2CN(Cc2nc3ccccc3[nH]2)C1. The van der Waals surface area contributed by atoms with Crippen LogP contribution in [0.15, 0.2) is 41.2 Å². The van der Waals surface area contributed by atoms with E-state index in [9.17, 15) is 9.18 Å². The molecule has 2 fully saturated rings. The fourth-order valence-corrected chi connectivity index (χ4v) is 5.80.